The molecule has 0 radical (unpaired) electrons. The maximum atomic E-state index is 12.3. The van der Waals surface area contributed by atoms with Gasteiger partial charge in [0.15, 0.2) is 4.34 Å². The second-order valence-corrected chi connectivity index (χ2v) is 9.10. The summed E-state index contributed by atoms with van der Waals surface area (Å²) in [5.74, 6) is 0.0140. The van der Waals surface area contributed by atoms with Gasteiger partial charge in [0.25, 0.3) is 0 Å². The second-order valence-electron chi connectivity index (χ2n) is 6.53. The Labute approximate surface area is 174 Å². The average Bonchev–Trinajstić information content (AvgIpc) is 3.13. The highest BCUT2D eigenvalue weighted by Crippen LogP contribution is 2.31. The number of aryl methyl sites for hydroxylation is 1. The first-order valence-electron chi connectivity index (χ1n) is 9.18. The van der Waals surface area contributed by atoms with Gasteiger partial charge in [-0.1, -0.05) is 65.6 Å². The molecule has 2 aromatic carbocycles. The number of carbonyl (C=O) groups excluding carboxylic acids is 1. The minimum atomic E-state index is -0.225. The third-order valence-corrected chi connectivity index (χ3v) is 6.48. The summed E-state index contributed by atoms with van der Waals surface area (Å²) in [6.07, 6.45) is 0.826. The molecule has 0 aliphatic rings. The second kappa shape index (κ2) is 9.71. The number of amides is 1. The molecule has 1 aromatic heterocycles. The van der Waals surface area contributed by atoms with Crippen molar-refractivity contribution in [3.8, 4) is 0 Å². The summed E-state index contributed by atoms with van der Waals surface area (Å²) in [7, 11) is 0. The molecular weight excluding hydrogens is 388 g/mol. The zero-order valence-corrected chi connectivity index (χ0v) is 17.9. The van der Waals surface area contributed by atoms with Crippen LogP contribution in [0.15, 0.2) is 52.9 Å². The Balaban J connectivity index is 1.49. The van der Waals surface area contributed by atoms with E-state index >= 15 is 0 Å². The van der Waals surface area contributed by atoms with Crippen LogP contribution in [0.3, 0.4) is 0 Å². The van der Waals surface area contributed by atoms with Crippen molar-refractivity contribution in [1.82, 2.24) is 15.5 Å². The lowest BCUT2D eigenvalue weighted by Crippen LogP contribution is -2.32. The van der Waals surface area contributed by atoms with E-state index in [-0.39, 0.29) is 11.2 Å². The summed E-state index contributed by atoms with van der Waals surface area (Å²) in [4.78, 5) is 12.3. The zero-order chi connectivity index (χ0) is 19.9. The highest BCUT2D eigenvalue weighted by molar-refractivity contribution is 8.02. The van der Waals surface area contributed by atoms with E-state index in [1.54, 1.807) is 0 Å². The molecule has 1 atom stereocenters. The number of benzene rings is 2. The summed E-state index contributed by atoms with van der Waals surface area (Å²) in [6.45, 7) is 6.68. The molecular formula is C21H24N4OS2. The fourth-order valence-corrected chi connectivity index (χ4v) is 4.57. The van der Waals surface area contributed by atoms with E-state index in [1.165, 1.54) is 39.8 Å². The first kappa shape index (κ1) is 20.4. The lowest BCUT2D eigenvalue weighted by Gasteiger charge is -2.10. The van der Waals surface area contributed by atoms with Gasteiger partial charge in [-0.2, -0.15) is 0 Å². The number of hydrogen-bond acceptors (Lipinski definition) is 6. The van der Waals surface area contributed by atoms with Crippen molar-refractivity contribution in [2.24, 2.45) is 0 Å². The maximum absolute atomic E-state index is 12.3. The Morgan fingerprint density at radius 1 is 1.11 bits per heavy atom. The van der Waals surface area contributed by atoms with Gasteiger partial charge < -0.3 is 10.6 Å². The molecule has 28 heavy (non-hydrogen) atoms. The van der Waals surface area contributed by atoms with Crippen molar-refractivity contribution in [2.45, 2.75) is 36.8 Å². The highest BCUT2D eigenvalue weighted by atomic mass is 32.2. The van der Waals surface area contributed by atoms with Gasteiger partial charge in [-0.3, -0.25) is 4.79 Å². The van der Waals surface area contributed by atoms with Crippen LogP contribution in [-0.4, -0.2) is 27.9 Å². The van der Waals surface area contributed by atoms with Crippen molar-refractivity contribution >= 4 is 39.8 Å². The van der Waals surface area contributed by atoms with Gasteiger partial charge in [0.05, 0.1) is 5.25 Å². The molecule has 0 fully saturated rings. The standard InChI is InChI=1S/C21H24N4OS2/c1-14-8-7-11-18(15(14)2)23-20-24-25-21(28-20)27-16(3)19(26)22-13-12-17-9-5-4-6-10-17/h4-11,16H,12-13H2,1-3H3,(H,22,26)(H,23,24)/t16-/m1/s1. The number of rotatable bonds is 8. The molecule has 1 heterocycles. The normalized spacial score (nSPS) is 11.8. The largest absolute Gasteiger partial charge is 0.355 e. The summed E-state index contributed by atoms with van der Waals surface area (Å²) >= 11 is 2.89. The van der Waals surface area contributed by atoms with Crippen LogP contribution in [-0.2, 0) is 11.2 Å². The van der Waals surface area contributed by atoms with E-state index in [2.05, 4.69) is 52.9 Å². The van der Waals surface area contributed by atoms with E-state index in [0.29, 0.717) is 6.54 Å². The van der Waals surface area contributed by atoms with Crippen LogP contribution >= 0.6 is 23.1 Å². The van der Waals surface area contributed by atoms with E-state index in [9.17, 15) is 4.79 Å². The molecule has 5 nitrogen and oxygen atoms in total. The average molecular weight is 413 g/mol. The molecule has 0 aliphatic carbocycles. The van der Waals surface area contributed by atoms with Gasteiger partial charge in [0.1, 0.15) is 0 Å². The molecule has 0 aliphatic heterocycles. The SMILES string of the molecule is Cc1cccc(Nc2nnc(S[C@H](C)C(=O)NCCc3ccccc3)s2)c1C. The zero-order valence-electron chi connectivity index (χ0n) is 16.2. The first-order valence-corrected chi connectivity index (χ1v) is 10.9. The van der Waals surface area contributed by atoms with Crippen molar-refractivity contribution in [3.63, 3.8) is 0 Å². The van der Waals surface area contributed by atoms with E-state index < -0.39 is 0 Å². The van der Waals surface area contributed by atoms with Crippen LogP contribution in [0.1, 0.15) is 23.6 Å². The van der Waals surface area contributed by atoms with Crippen LogP contribution in [0.5, 0.6) is 0 Å². The highest BCUT2D eigenvalue weighted by Gasteiger charge is 2.17. The quantitative estimate of drug-likeness (QED) is 0.523. The summed E-state index contributed by atoms with van der Waals surface area (Å²) < 4.78 is 0.776. The topological polar surface area (TPSA) is 66.9 Å². The summed E-state index contributed by atoms with van der Waals surface area (Å²) in [5, 5.41) is 15.2. The summed E-state index contributed by atoms with van der Waals surface area (Å²) in [5.41, 5.74) is 4.66. The number of nitrogens with one attached hydrogen (secondary N) is 2. The van der Waals surface area contributed by atoms with E-state index in [0.717, 1.165) is 21.6 Å². The minimum Gasteiger partial charge on any atom is -0.355 e. The van der Waals surface area contributed by atoms with Gasteiger partial charge in [0.2, 0.25) is 11.0 Å². The van der Waals surface area contributed by atoms with Crippen LogP contribution < -0.4 is 10.6 Å². The molecule has 146 valence electrons. The number of thioether (sulfide) groups is 1. The molecule has 3 aromatic rings. The van der Waals surface area contributed by atoms with Gasteiger partial charge in [-0.05, 0) is 49.9 Å². The Bertz CT molecular complexity index is 927. The molecule has 2 N–H and O–H groups in total. The third kappa shape index (κ3) is 5.56. The number of hydrogen-bond donors (Lipinski definition) is 2. The van der Waals surface area contributed by atoms with Gasteiger partial charge >= 0.3 is 0 Å². The van der Waals surface area contributed by atoms with Crippen LogP contribution in [0.4, 0.5) is 10.8 Å². The molecule has 3 rings (SSSR count). The predicted molar refractivity (Wildman–Crippen MR) is 118 cm³/mol. The van der Waals surface area contributed by atoms with E-state index in [1.807, 2.05) is 37.3 Å². The third-order valence-electron chi connectivity index (χ3n) is 4.46. The minimum absolute atomic E-state index is 0.0140. The van der Waals surface area contributed by atoms with Gasteiger partial charge in [-0.15, -0.1) is 10.2 Å². The Morgan fingerprint density at radius 3 is 2.68 bits per heavy atom. The number of anilines is 2. The lowest BCUT2D eigenvalue weighted by molar-refractivity contribution is -0.120. The molecule has 0 saturated heterocycles. The fraction of sp³-hybridized carbons (Fsp3) is 0.286. The molecule has 7 heteroatoms. The smallest absolute Gasteiger partial charge is 0.233 e. The van der Waals surface area contributed by atoms with Crippen molar-refractivity contribution in [2.75, 3.05) is 11.9 Å². The number of nitrogens with zero attached hydrogens (tertiary/aromatic N) is 2. The van der Waals surface area contributed by atoms with Gasteiger partial charge in [0, 0.05) is 12.2 Å². The maximum Gasteiger partial charge on any atom is 0.233 e. The van der Waals surface area contributed by atoms with Crippen molar-refractivity contribution in [1.29, 1.82) is 0 Å². The number of aromatic nitrogens is 2. The monoisotopic (exact) mass is 412 g/mol. The molecule has 1 amide bonds. The Morgan fingerprint density at radius 2 is 1.89 bits per heavy atom. The molecule has 0 unspecified atom stereocenters. The Hall–Kier alpha value is -2.38. The predicted octanol–water partition coefficient (Wildman–Crippen LogP) is 4.74. The fourth-order valence-electron chi connectivity index (χ4n) is 2.63. The summed E-state index contributed by atoms with van der Waals surface area (Å²) in [6, 6.07) is 16.3. The number of carbonyl (C=O) groups is 1. The molecule has 0 spiro atoms. The van der Waals surface area contributed by atoms with Crippen LogP contribution in [0, 0.1) is 13.8 Å². The Kier molecular flexibility index (Phi) is 7.06. The lowest BCUT2D eigenvalue weighted by atomic mass is 10.1. The first-order chi connectivity index (χ1) is 13.5. The van der Waals surface area contributed by atoms with Crippen molar-refractivity contribution in [3.05, 3.63) is 65.2 Å². The van der Waals surface area contributed by atoms with Crippen molar-refractivity contribution < 1.29 is 4.79 Å². The van der Waals surface area contributed by atoms with E-state index in [4.69, 9.17) is 0 Å². The molecule has 0 saturated carbocycles. The van der Waals surface area contributed by atoms with Crippen LogP contribution in [0.25, 0.3) is 0 Å². The van der Waals surface area contributed by atoms with Gasteiger partial charge in [-0.25, -0.2) is 0 Å². The molecule has 0 bridgehead atoms. The van der Waals surface area contributed by atoms with Crippen LogP contribution in [0.2, 0.25) is 0 Å².